The van der Waals surface area contributed by atoms with E-state index < -0.39 is 11.8 Å². The van der Waals surface area contributed by atoms with Crippen molar-refractivity contribution in [2.45, 2.75) is 6.42 Å². The Morgan fingerprint density at radius 3 is 2.75 bits per heavy atom. The van der Waals surface area contributed by atoms with Crippen molar-refractivity contribution in [2.75, 3.05) is 19.8 Å². The van der Waals surface area contributed by atoms with Crippen LogP contribution >= 0.6 is 15.9 Å². The smallest absolute Gasteiger partial charge is 0.262 e. The van der Waals surface area contributed by atoms with Crippen molar-refractivity contribution in [3.8, 4) is 0 Å². The maximum atomic E-state index is 12.2. The highest BCUT2D eigenvalue weighted by atomic mass is 79.9. The van der Waals surface area contributed by atoms with Crippen molar-refractivity contribution in [1.82, 2.24) is 4.90 Å². The average Bonchev–Trinajstić information content (AvgIpc) is 3.03. The highest BCUT2D eigenvalue weighted by molar-refractivity contribution is 9.10. The van der Waals surface area contributed by atoms with Gasteiger partial charge in [-0.05, 0) is 24.6 Å². The lowest BCUT2D eigenvalue weighted by Crippen LogP contribution is -2.37. The fourth-order valence-corrected chi connectivity index (χ4v) is 2.84. The predicted octanol–water partition coefficient (Wildman–Crippen LogP) is 1.65. The van der Waals surface area contributed by atoms with Crippen LogP contribution in [-0.4, -0.2) is 42.3 Å². The molecule has 5 nitrogen and oxygen atoms in total. The van der Waals surface area contributed by atoms with Crippen LogP contribution in [0.1, 0.15) is 27.1 Å². The Bertz CT molecular complexity index is 607. The first kappa shape index (κ1) is 13.5. The quantitative estimate of drug-likeness (QED) is 0.787. The van der Waals surface area contributed by atoms with Gasteiger partial charge in [0.1, 0.15) is 0 Å². The first-order valence-corrected chi connectivity index (χ1v) is 7.13. The molecule has 1 aromatic carbocycles. The van der Waals surface area contributed by atoms with Gasteiger partial charge in [-0.2, -0.15) is 0 Å². The van der Waals surface area contributed by atoms with Gasteiger partial charge in [-0.25, -0.2) is 0 Å². The van der Waals surface area contributed by atoms with Gasteiger partial charge in [-0.3, -0.25) is 19.3 Å². The monoisotopic (exact) mass is 337 g/mol. The van der Waals surface area contributed by atoms with Crippen LogP contribution in [-0.2, 0) is 9.53 Å². The van der Waals surface area contributed by atoms with E-state index in [1.54, 1.807) is 18.2 Å². The van der Waals surface area contributed by atoms with E-state index in [1.165, 1.54) is 0 Å². The standard InChI is InChI=1S/C14H12BrNO4/c15-9-1-2-10-11(5-9)14(19)16(13(10)18)6-12(17)8-3-4-20-7-8/h1-2,5,8H,3-4,6-7H2. The van der Waals surface area contributed by atoms with Crippen molar-refractivity contribution in [2.24, 2.45) is 5.92 Å². The summed E-state index contributed by atoms with van der Waals surface area (Å²) in [5.74, 6) is -1.12. The van der Waals surface area contributed by atoms with Crippen LogP contribution in [0.3, 0.4) is 0 Å². The van der Waals surface area contributed by atoms with Gasteiger partial charge in [0, 0.05) is 17.0 Å². The number of nitrogens with zero attached hydrogens (tertiary/aromatic N) is 1. The van der Waals surface area contributed by atoms with Crippen LogP contribution in [0.5, 0.6) is 0 Å². The number of hydrogen-bond acceptors (Lipinski definition) is 4. The van der Waals surface area contributed by atoms with Gasteiger partial charge in [0.05, 0.1) is 24.3 Å². The fraction of sp³-hybridized carbons (Fsp3) is 0.357. The lowest BCUT2D eigenvalue weighted by atomic mass is 10.0. The van der Waals surface area contributed by atoms with Gasteiger partial charge >= 0.3 is 0 Å². The number of fused-ring (bicyclic) bond motifs is 1. The van der Waals surface area contributed by atoms with E-state index in [-0.39, 0.29) is 18.2 Å². The lowest BCUT2D eigenvalue weighted by Gasteiger charge is -2.14. The van der Waals surface area contributed by atoms with Crippen LogP contribution < -0.4 is 0 Å². The van der Waals surface area contributed by atoms with Gasteiger partial charge < -0.3 is 4.74 Å². The van der Waals surface area contributed by atoms with E-state index >= 15 is 0 Å². The molecule has 104 valence electrons. The summed E-state index contributed by atoms with van der Waals surface area (Å²) in [5.41, 5.74) is 0.702. The van der Waals surface area contributed by atoms with Gasteiger partial charge in [-0.15, -0.1) is 0 Å². The molecule has 0 N–H and O–H groups in total. The summed E-state index contributed by atoms with van der Waals surface area (Å²) < 4.78 is 5.89. The summed E-state index contributed by atoms with van der Waals surface area (Å²) in [6, 6.07) is 4.92. The van der Waals surface area contributed by atoms with E-state index in [9.17, 15) is 14.4 Å². The molecule has 2 amide bonds. The van der Waals surface area contributed by atoms with Crippen molar-refractivity contribution in [3.63, 3.8) is 0 Å². The minimum atomic E-state index is -0.404. The van der Waals surface area contributed by atoms with Crippen LogP contribution in [0.15, 0.2) is 22.7 Å². The average molecular weight is 338 g/mol. The number of carbonyl (C=O) groups is 3. The van der Waals surface area contributed by atoms with Crippen LogP contribution in [0.4, 0.5) is 0 Å². The third-order valence-electron chi connectivity index (χ3n) is 3.63. The number of amides is 2. The zero-order valence-electron chi connectivity index (χ0n) is 10.6. The van der Waals surface area contributed by atoms with Crippen molar-refractivity contribution in [1.29, 1.82) is 0 Å². The molecule has 0 aliphatic carbocycles. The molecule has 2 heterocycles. The normalized spacial score (nSPS) is 21.4. The number of imide groups is 1. The highest BCUT2D eigenvalue weighted by Crippen LogP contribution is 2.26. The Morgan fingerprint density at radius 1 is 1.30 bits per heavy atom. The molecule has 1 saturated heterocycles. The zero-order valence-corrected chi connectivity index (χ0v) is 12.2. The number of hydrogen-bond donors (Lipinski definition) is 0. The maximum absolute atomic E-state index is 12.2. The summed E-state index contributed by atoms with van der Waals surface area (Å²) in [7, 11) is 0. The molecule has 0 radical (unpaired) electrons. The van der Waals surface area contributed by atoms with Gasteiger partial charge in [0.15, 0.2) is 5.78 Å². The van der Waals surface area contributed by atoms with E-state index in [2.05, 4.69) is 15.9 Å². The molecule has 1 fully saturated rings. The van der Waals surface area contributed by atoms with Crippen molar-refractivity contribution in [3.05, 3.63) is 33.8 Å². The molecule has 0 aromatic heterocycles. The number of carbonyl (C=O) groups excluding carboxylic acids is 3. The predicted molar refractivity (Wildman–Crippen MR) is 73.4 cm³/mol. The molecule has 20 heavy (non-hydrogen) atoms. The van der Waals surface area contributed by atoms with Crippen molar-refractivity contribution < 1.29 is 19.1 Å². The molecule has 6 heteroatoms. The summed E-state index contributed by atoms with van der Waals surface area (Å²) in [4.78, 5) is 37.5. The molecule has 2 aliphatic rings. The van der Waals surface area contributed by atoms with Crippen LogP contribution in [0.2, 0.25) is 0 Å². The van der Waals surface area contributed by atoms with E-state index in [0.717, 1.165) is 9.37 Å². The lowest BCUT2D eigenvalue weighted by molar-refractivity contribution is -0.123. The minimum Gasteiger partial charge on any atom is -0.381 e. The number of benzene rings is 1. The highest BCUT2D eigenvalue weighted by Gasteiger charge is 2.38. The van der Waals surface area contributed by atoms with Gasteiger partial charge in [0.2, 0.25) is 0 Å². The molecule has 1 unspecified atom stereocenters. The second-order valence-electron chi connectivity index (χ2n) is 4.91. The molecule has 0 saturated carbocycles. The second kappa shape index (κ2) is 5.10. The summed E-state index contributed by atoms with van der Waals surface area (Å²) >= 11 is 3.27. The van der Waals surface area contributed by atoms with E-state index in [4.69, 9.17) is 4.74 Å². The molecular weight excluding hydrogens is 326 g/mol. The Hall–Kier alpha value is -1.53. The molecule has 1 atom stereocenters. The number of rotatable bonds is 3. The van der Waals surface area contributed by atoms with Crippen LogP contribution in [0.25, 0.3) is 0 Å². The molecule has 1 aromatic rings. The summed E-state index contributed by atoms with van der Waals surface area (Å²) in [5, 5.41) is 0. The number of ketones is 1. The Labute approximate surface area is 124 Å². The third kappa shape index (κ3) is 2.19. The minimum absolute atomic E-state index is 0.115. The molecular formula is C14H12BrNO4. The fourth-order valence-electron chi connectivity index (χ4n) is 2.48. The summed E-state index contributed by atoms with van der Waals surface area (Å²) in [6.45, 7) is 0.775. The largest absolute Gasteiger partial charge is 0.381 e. The topological polar surface area (TPSA) is 63.7 Å². The molecule has 2 aliphatic heterocycles. The molecule has 3 rings (SSSR count). The van der Waals surface area contributed by atoms with Crippen LogP contribution in [0, 0.1) is 5.92 Å². The number of halogens is 1. The first-order valence-electron chi connectivity index (χ1n) is 6.34. The van der Waals surface area contributed by atoms with Gasteiger partial charge in [0.25, 0.3) is 11.8 Å². The number of Topliss-reactive ketones (excluding diaryl/α,β-unsaturated/α-hetero) is 1. The Kier molecular flexibility index (Phi) is 3.43. The Balaban J connectivity index is 1.81. The third-order valence-corrected chi connectivity index (χ3v) is 4.12. The van der Waals surface area contributed by atoms with E-state index in [0.29, 0.717) is 30.8 Å². The molecule has 0 bridgehead atoms. The van der Waals surface area contributed by atoms with Crippen molar-refractivity contribution >= 4 is 33.5 Å². The molecule has 0 spiro atoms. The zero-order chi connectivity index (χ0) is 14.3. The summed E-state index contributed by atoms with van der Waals surface area (Å²) in [6.07, 6.45) is 0.660. The van der Waals surface area contributed by atoms with E-state index in [1.807, 2.05) is 0 Å². The number of ether oxygens (including phenoxy) is 1. The SMILES string of the molecule is O=C(CN1C(=O)c2ccc(Br)cc2C1=O)C1CCOC1. The van der Waals surface area contributed by atoms with Gasteiger partial charge in [-0.1, -0.05) is 15.9 Å². The Morgan fingerprint density at radius 2 is 2.05 bits per heavy atom. The second-order valence-corrected chi connectivity index (χ2v) is 5.83. The first-order chi connectivity index (χ1) is 9.58. The maximum Gasteiger partial charge on any atom is 0.262 e.